The van der Waals surface area contributed by atoms with E-state index in [-0.39, 0.29) is 44.1 Å². The number of nitrogens with zero attached hydrogens (tertiary/aromatic N) is 4. The van der Waals surface area contributed by atoms with Crippen molar-refractivity contribution in [2.24, 2.45) is 5.73 Å². The Morgan fingerprint density at radius 3 is 2.52 bits per heavy atom. The third-order valence-corrected chi connectivity index (χ3v) is 4.75. The van der Waals surface area contributed by atoms with Crippen molar-refractivity contribution in [2.75, 3.05) is 19.8 Å². The van der Waals surface area contributed by atoms with Crippen molar-refractivity contribution in [1.29, 1.82) is 0 Å². The molecule has 182 valence electrons. The topological polar surface area (TPSA) is 166 Å². The SMILES string of the molecule is C.Cc1ncc([N+](=O)[O-])n1CCOC(=O)Cc1cc(OCCCCCCN)ccc1[N+](=O)[O-]. The molecule has 1 aromatic heterocycles. The van der Waals surface area contributed by atoms with Gasteiger partial charge in [-0.15, -0.1) is 0 Å². The van der Waals surface area contributed by atoms with Gasteiger partial charge in [-0.3, -0.25) is 14.9 Å². The Morgan fingerprint density at radius 1 is 1.12 bits per heavy atom. The quantitative estimate of drug-likeness (QED) is 0.190. The van der Waals surface area contributed by atoms with E-state index in [1.54, 1.807) is 6.92 Å². The van der Waals surface area contributed by atoms with Crippen LogP contribution in [0.2, 0.25) is 0 Å². The van der Waals surface area contributed by atoms with Crippen LogP contribution in [-0.4, -0.2) is 45.1 Å². The maximum atomic E-state index is 12.2. The van der Waals surface area contributed by atoms with Gasteiger partial charge in [-0.25, -0.2) is 9.55 Å². The molecular weight excluding hydrogens is 434 g/mol. The van der Waals surface area contributed by atoms with Gasteiger partial charge >= 0.3 is 11.8 Å². The summed E-state index contributed by atoms with van der Waals surface area (Å²) in [5.74, 6) is -0.0484. The summed E-state index contributed by atoms with van der Waals surface area (Å²) >= 11 is 0. The summed E-state index contributed by atoms with van der Waals surface area (Å²) in [6.07, 6.45) is 4.57. The first-order valence-electron chi connectivity index (χ1n) is 10.3. The average Bonchev–Trinajstić information content (AvgIpc) is 3.11. The molecule has 12 nitrogen and oxygen atoms in total. The summed E-state index contributed by atoms with van der Waals surface area (Å²) in [7, 11) is 0. The number of rotatable bonds is 14. The van der Waals surface area contributed by atoms with Crippen molar-refractivity contribution in [3.8, 4) is 5.75 Å². The zero-order valence-electron chi connectivity index (χ0n) is 17.9. The molecule has 0 saturated heterocycles. The number of benzene rings is 1. The molecule has 2 N–H and O–H groups in total. The Balaban J connectivity index is 0.00000544. The van der Waals surface area contributed by atoms with Gasteiger partial charge in [-0.05, 0) is 36.4 Å². The predicted octanol–water partition coefficient (Wildman–Crippen LogP) is 3.33. The first-order chi connectivity index (χ1) is 15.3. The molecular formula is C21H31N5O7. The summed E-state index contributed by atoms with van der Waals surface area (Å²) in [6, 6.07) is 4.25. The second kappa shape index (κ2) is 13.8. The Hall–Kier alpha value is -3.54. The van der Waals surface area contributed by atoms with E-state index in [1.807, 2.05) is 0 Å². The lowest BCUT2D eigenvalue weighted by Crippen LogP contribution is -2.15. The number of nitro groups is 2. The molecule has 1 heterocycles. The van der Waals surface area contributed by atoms with Gasteiger partial charge in [-0.1, -0.05) is 20.3 Å². The first kappa shape index (κ1) is 27.5. The molecule has 0 saturated carbocycles. The molecule has 0 amide bonds. The normalized spacial score (nSPS) is 10.4. The van der Waals surface area contributed by atoms with Gasteiger partial charge in [0.05, 0.1) is 18.0 Å². The molecule has 2 aromatic rings. The smallest absolute Gasteiger partial charge is 0.342 e. The van der Waals surface area contributed by atoms with Gasteiger partial charge in [0.2, 0.25) is 0 Å². The van der Waals surface area contributed by atoms with E-state index < -0.39 is 15.8 Å². The van der Waals surface area contributed by atoms with Crippen LogP contribution in [-0.2, 0) is 22.5 Å². The van der Waals surface area contributed by atoms with E-state index in [0.29, 0.717) is 24.7 Å². The van der Waals surface area contributed by atoms with Gasteiger partial charge in [0, 0.05) is 18.6 Å². The number of nitrogens with two attached hydrogens (primary N) is 1. The number of ether oxygens (including phenoxy) is 2. The Labute approximate surface area is 192 Å². The van der Waals surface area contributed by atoms with Crippen LogP contribution in [0, 0.1) is 27.2 Å². The van der Waals surface area contributed by atoms with Crippen LogP contribution < -0.4 is 10.5 Å². The Kier molecular flexibility index (Phi) is 11.5. The molecule has 0 unspecified atom stereocenters. The molecule has 0 aliphatic rings. The number of aryl methyl sites for hydroxylation is 1. The van der Waals surface area contributed by atoms with Crippen LogP contribution in [0.4, 0.5) is 11.5 Å². The zero-order valence-corrected chi connectivity index (χ0v) is 17.9. The highest BCUT2D eigenvalue weighted by Crippen LogP contribution is 2.25. The minimum absolute atomic E-state index is 0. The number of aromatic nitrogens is 2. The van der Waals surface area contributed by atoms with Crippen LogP contribution >= 0.6 is 0 Å². The van der Waals surface area contributed by atoms with Gasteiger partial charge in [-0.2, -0.15) is 0 Å². The summed E-state index contributed by atoms with van der Waals surface area (Å²) in [6.45, 7) is 2.62. The second-order valence-electron chi connectivity index (χ2n) is 7.07. The number of hydrogen-bond acceptors (Lipinski definition) is 9. The van der Waals surface area contributed by atoms with Crippen LogP contribution in [0.3, 0.4) is 0 Å². The minimum Gasteiger partial charge on any atom is -0.494 e. The molecule has 0 radical (unpaired) electrons. The summed E-state index contributed by atoms with van der Waals surface area (Å²) < 4.78 is 12.1. The van der Waals surface area contributed by atoms with Gasteiger partial charge in [0.1, 0.15) is 25.1 Å². The van der Waals surface area contributed by atoms with Crippen molar-refractivity contribution in [1.82, 2.24) is 9.55 Å². The molecule has 12 heteroatoms. The third-order valence-electron chi connectivity index (χ3n) is 4.75. The fourth-order valence-electron chi connectivity index (χ4n) is 3.10. The highest BCUT2D eigenvalue weighted by Gasteiger charge is 2.20. The number of carbonyl (C=O) groups is 1. The number of imidazole rings is 1. The van der Waals surface area contributed by atoms with Gasteiger partial charge in [0.15, 0.2) is 5.82 Å². The highest BCUT2D eigenvalue weighted by atomic mass is 16.6. The molecule has 33 heavy (non-hydrogen) atoms. The van der Waals surface area contributed by atoms with Crippen LogP contribution in [0.25, 0.3) is 0 Å². The lowest BCUT2D eigenvalue weighted by molar-refractivity contribution is -0.392. The maximum Gasteiger partial charge on any atom is 0.342 e. The van der Waals surface area contributed by atoms with Gasteiger partial charge < -0.3 is 25.3 Å². The minimum atomic E-state index is -0.688. The van der Waals surface area contributed by atoms with E-state index in [0.717, 1.165) is 31.9 Å². The monoisotopic (exact) mass is 465 g/mol. The number of hydrogen-bond donors (Lipinski definition) is 1. The fraction of sp³-hybridized carbons (Fsp3) is 0.524. The molecule has 0 aliphatic heterocycles. The van der Waals surface area contributed by atoms with E-state index in [9.17, 15) is 25.0 Å². The van der Waals surface area contributed by atoms with E-state index in [4.69, 9.17) is 15.2 Å². The van der Waals surface area contributed by atoms with Crippen molar-refractivity contribution in [3.63, 3.8) is 0 Å². The highest BCUT2D eigenvalue weighted by molar-refractivity contribution is 5.74. The van der Waals surface area contributed by atoms with Crippen LogP contribution in [0.1, 0.15) is 44.5 Å². The maximum absolute atomic E-state index is 12.2. The zero-order chi connectivity index (χ0) is 23.5. The molecule has 0 aliphatic carbocycles. The molecule has 0 atom stereocenters. The van der Waals surface area contributed by atoms with Gasteiger partial charge in [0.25, 0.3) is 5.69 Å². The lowest BCUT2D eigenvalue weighted by Gasteiger charge is -2.09. The molecule has 0 spiro atoms. The summed E-state index contributed by atoms with van der Waals surface area (Å²) in [5.41, 5.74) is 5.42. The summed E-state index contributed by atoms with van der Waals surface area (Å²) in [4.78, 5) is 37.3. The van der Waals surface area contributed by atoms with Crippen molar-refractivity contribution >= 4 is 17.5 Å². The lowest BCUT2D eigenvalue weighted by atomic mass is 10.1. The fourth-order valence-corrected chi connectivity index (χ4v) is 3.10. The Bertz CT molecular complexity index is 945. The Morgan fingerprint density at radius 2 is 1.85 bits per heavy atom. The average molecular weight is 466 g/mol. The second-order valence-corrected chi connectivity index (χ2v) is 7.07. The van der Waals surface area contributed by atoms with Crippen molar-refractivity contribution in [2.45, 2.75) is 53.0 Å². The predicted molar refractivity (Wildman–Crippen MR) is 121 cm³/mol. The van der Waals surface area contributed by atoms with Crippen LogP contribution in [0.5, 0.6) is 5.75 Å². The number of nitro benzene ring substituents is 1. The number of carbonyl (C=O) groups excluding carboxylic acids is 1. The van der Waals surface area contributed by atoms with Crippen LogP contribution in [0.15, 0.2) is 24.4 Å². The molecule has 1 aromatic carbocycles. The van der Waals surface area contributed by atoms with Crippen molar-refractivity contribution in [3.05, 3.63) is 56.0 Å². The molecule has 2 rings (SSSR count). The number of unbranched alkanes of at least 4 members (excludes halogenated alkanes) is 3. The van der Waals surface area contributed by atoms with E-state index >= 15 is 0 Å². The van der Waals surface area contributed by atoms with E-state index in [1.165, 1.54) is 22.8 Å². The molecule has 0 bridgehead atoms. The van der Waals surface area contributed by atoms with E-state index in [2.05, 4.69) is 4.98 Å². The largest absolute Gasteiger partial charge is 0.494 e. The standard InChI is InChI=1S/C20H27N5O7.CH4/c1-15-22-14-19(25(29)30)23(15)9-11-32-20(26)13-16-12-17(6-7-18(16)24(27)28)31-10-5-3-2-4-8-21;/h6-7,12,14H,2-5,8-11,13,21H2,1H3;1H4. The third kappa shape index (κ3) is 8.48. The van der Waals surface area contributed by atoms with Crippen molar-refractivity contribution < 1.29 is 24.1 Å². The number of esters is 1. The first-order valence-corrected chi connectivity index (χ1v) is 10.3. The summed E-state index contributed by atoms with van der Waals surface area (Å²) in [5, 5.41) is 22.3. The molecule has 0 fully saturated rings.